The number of hydrogen-bond donors (Lipinski definition) is 0. The minimum Gasteiger partial charge on any atom is -0.463 e. The summed E-state index contributed by atoms with van der Waals surface area (Å²) in [5, 5.41) is 0. The fraction of sp³-hybridized carbons (Fsp3) is 0.118. The molecule has 0 saturated carbocycles. The largest absolute Gasteiger partial charge is 0.463 e. The lowest BCUT2D eigenvalue weighted by Crippen LogP contribution is -2.19. The maximum Gasteiger partial charge on any atom is 0.374 e. The number of benzene rings is 2. The van der Waals surface area contributed by atoms with E-state index in [1.165, 1.54) is 36.4 Å². The third kappa shape index (κ3) is 4.47. The topological polar surface area (TPSA) is 69.7 Å². The Balaban J connectivity index is 2.01. The van der Waals surface area contributed by atoms with Crippen LogP contribution >= 0.6 is 0 Å². The molecular formula is C17H13FO5. The Labute approximate surface area is 131 Å². The Morgan fingerprint density at radius 3 is 1.96 bits per heavy atom. The minimum absolute atomic E-state index is 0.272. The van der Waals surface area contributed by atoms with Gasteiger partial charge in [0.05, 0.1) is 13.5 Å². The van der Waals surface area contributed by atoms with Gasteiger partial charge in [-0.1, -0.05) is 0 Å². The third-order valence-electron chi connectivity index (χ3n) is 2.96. The number of rotatable bonds is 6. The molecule has 0 aliphatic rings. The van der Waals surface area contributed by atoms with Crippen molar-refractivity contribution in [1.29, 1.82) is 0 Å². The van der Waals surface area contributed by atoms with Gasteiger partial charge in [-0.25, -0.2) is 9.18 Å². The molecule has 0 atom stereocenters. The molecule has 0 radical (unpaired) electrons. The number of hydrogen-bond acceptors (Lipinski definition) is 5. The van der Waals surface area contributed by atoms with E-state index in [0.717, 1.165) is 7.11 Å². The maximum atomic E-state index is 12.8. The first-order valence-corrected chi connectivity index (χ1v) is 6.67. The maximum absolute atomic E-state index is 12.8. The molecule has 2 aromatic carbocycles. The summed E-state index contributed by atoms with van der Waals surface area (Å²) < 4.78 is 22.5. The highest BCUT2D eigenvalue weighted by atomic mass is 19.1. The predicted octanol–water partition coefficient (Wildman–Crippen LogP) is 2.93. The van der Waals surface area contributed by atoms with E-state index in [-0.39, 0.29) is 11.4 Å². The molecule has 0 unspecified atom stereocenters. The second-order valence-electron chi connectivity index (χ2n) is 4.60. The average Bonchev–Trinajstić information content (AvgIpc) is 2.56. The van der Waals surface area contributed by atoms with E-state index >= 15 is 0 Å². The molecule has 0 bridgehead atoms. The number of carbonyl (C=O) groups excluding carboxylic acids is 3. The molecule has 2 rings (SSSR count). The van der Waals surface area contributed by atoms with E-state index in [9.17, 15) is 18.8 Å². The first-order chi connectivity index (χ1) is 11.0. The van der Waals surface area contributed by atoms with Crippen LogP contribution in [-0.2, 0) is 14.3 Å². The summed E-state index contributed by atoms with van der Waals surface area (Å²) in [6.07, 6.45) is -0.551. The Bertz CT molecular complexity index is 720. The quantitative estimate of drug-likeness (QED) is 0.355. The van der Waals surface area contributed by atoms with E-state index < -0.39 is 24.0 Å². The summed E-state index contributed by atoms with van der Waals surface area (Å²) in [5.74, 6) is -1.90. The van der Waals surface area contributed by atoms with Crippen molar-refractivity contribution in [2.45, 2.75) is 6.42 Å². The molecule has 0 aliphatic heterocycles. The van der Waals surface area contributed by atoms with Crippen molar-refractivity contribution in [1.82, 2.24) is 0 Å². The highest BCUT2D eigenvalue weighted by Crippen LogP contribution is 2.22. The summed E-state index contributed by atoms with van der Waals surface area (Å²) in [5.41, 5.74) is 0.272. The van der Waals surface area contributed by atoms with Crippen LogP contribution < -0.4 is 4.74 Å². The summed E-state index contributed by atoms with van der Waals surface area (Å²) in [6, 6.07) is 11.5. The van der Waals surface area contributed by atoms with Gasteiger partial charge in [0.1, 0.15) is 17.3 Å². The van der Waals surface area contributed by atoms with Crippen molar-refractivity contribution in [2.24, 2.45) is 0 Å². The van der Waals surface area contributed by atoms with Crippen molar-refractivity contribution >= 4 is 17.5 Å². The van der Waals surface area contributed by atoms with Crippen LogP contribution in [0.1, 0.15) is 16.8 Å². The van der Waals surface area contributed by atoms with Crippen molar-refractivity contribution in [3.8, 4) is 11.5 Å². The monoisotopic (exact) mass is 316 g/mol. The highest BCUT2D eigenvalue weighted by Gasteiger charge is 2.19. The molecule has 0 fully saturated rings. The van der Waals surface area contributed by atoms with E-state index in [1.54, 1.807) is 12.1 Å². The first-order valence-electron chi connectivity index (χ1n) is 6.67. The van der Waals surface area contributed by atoms with Crippen LogP contribution in [0.5, 0.6) is 11.5 Å². The Kier molecular flexibility index (Phi) is 5.19. The molecule has 0 heterocycles. The molecule has 5 nitrogen and oxygen atoms in total. The summed E-state index contributed by atoms with van der Waals surface area (Å²) in [7, 11) is 1.08. The van der Waals surface area contributed by atoms with Crippen molar-refractivity contribution < 1.29 is 28.2 Å². The Morgan fingerprint density at radius 1 is 0.913 bits per heavy atom. The third-order valence-corrected chi connectivity index (χ3v) is 2.96. The lowest BCUT2D eigenvalue weighted by atomic mass is 10.1. The van der Waals surface area contributed by atoms with Crippen LogP contribution in [-0.4, -0.2) is 24.6 Å². The van der Waals surface area contributed by atoms with Crippen molar-refractivity contribution in [2.75, 3.05) is 7.11 Å². The number of Topliss-reactive ketones (excluding diaryl/α,β-unsaturated/α-hetero) is 2. The number of halogens is 1. The van der Waals surface area contributed by atoms with Crippen LogP contribution in [0, 0.1) is 5.82 Å². The highest BCUT2D eigenvalue weighted by molar-refractivity contribution is 6.38. The van der Waals surface area contributed by atoms with Crippen LogP contribution in [0.2, 0.25) is 0 Å². The molecule has 2 aromatic rings. The zero-order valence-corrected chi connectivity index (χ0v) is 12.2. The molecule has 0 saturated heterocycles. The molecule has 23 heavy (non-hydrogen) atoms. The van der Waals surface area contributed by atoms with Crippen LogP contribution in [0.25, 0.3) is 0 Å². The van der Waals surface area contributed by atoms with Gasteiger partial charge < -0.3 is 9.47 Å². The van der Waals surface area contributed by atoms with Crippen molar-refractivity contribution in [3.05, 3.63) is 59.9 Å². The van der Waals surface area contributed by atoms with E-state index in [2.05, 4.69) is 4.74 Å². The molecular weight excluding hydrogens is 303 g/mol. The van der Waals surface area contributed by atoms with Gasteiger partial charge in [0, 0.05) is 5.56 Å². The number of esters is 1. The number of ether oxygens (including phenoxy) is 2. The number of carbonyl (C=O) groups is 3. The average molecular weight is 316 g/mol. The lowest BCUT2D eigenvalue weighted by molar-refractivity contribution is -0.151. The summed E-state index contributed by atoms with van der Waals surface area (Å²) in [6.45, 7) is 0. The fourth-order valence-corrected chi connectivity index (χ4v) is 1.78. The summed E-state index contributed by atoms with van der Waals surface area (Å²) >= 11 is 0. The standard InChI is InChI=1S/C17H13FO5/c1-22-17(21)16(20)10-15(19)11-2-6-13(7-3-11)23-14-8-4-12(18)5-9-14/h2-9H,10H2,1H3. The fourth-order valence-electron chi connectivity index (χ4n) is 1.78. The predicted molar refractivity (Wildman–Crippen MR) is 78.9 cm³/mol. The van der Waals surface area contributed by atoms with Crippen LogP contribution in [0.4, 0.5) is 4.39 Å². The minimum atomic E-state index is -1.05. The molecule has 0 aromatic heterocycles. The van der Waals surface area contributed by atoms with Gasteiger partial charge in [0.2, 0.25) is 5.78 Å². The van der Waals surface area contributed by atoms with Gasteiger partial charge in [-0.05, 0) is 48.5 Å². The second-order valence-corrected chi connectivity index (χ2v) is 4.60. The zero-order valence-electron chi connectivity index (χ0n) is 12.2. The van der Waals surface area contributed by atoms with E-state index in [0.29, 0.717) is 11.5 Å². The molecule has 6 heteroatoms. The molecule has 0 spiro atoms. The zero-order chi connectivity index (χ0) is 16.8. The van der Waals surface area contributed by atoms with E-state index in [1.807, 2.05) is 0 Å². The molecule has 0 aliphatic carbocycles. The molecule has 0 N–H and O–H groups in total. The van der Waals surface area contributed by atoms with Crippen molar-refractivity contribution in [3.63, 3.8) is 0 Å². The Morgan fingerprint density at radius 2 is 1.43 bits per heavy atom. The lowest BCUT2D eigenvalue weighted by Gasteiger charge is -2.06. The SMILES string of the molecule is COC(=O)C(=O)CC(=O)c1ccc(Oc2ccc(F)cc2)cc1. The van der Waals surface area contributed by atoms with E-state index in [4.69, 9.17) is 4.74 Å². The Hall–Kier alpha value is -3.02. The van der Waals surface area contributed by atoms with Gasteiger partial charge in [0.15, 0.2) is 5.78 Å². The van der Waals surface area contributed by atoms with Gasteiger partial charge in [-0.2, -0.15) is 0 Å². The summed E-state index contributed by atoms with van der Waals surface area (Å²) in [4.78, 5) is 34.2. The first kappa shape index (κ1) is 16.4. The second kappa shape index (κ2) is 7.31. The van der Waals surface area contributed by atoms with Gasteiger partial charge in [-0.3, -0.25) is 9.59 Å². The normalized spacial score (nSPS) is 10.0. The van der Waals surface area contributed by atoms with Gasteiger partial charge in [0.25, 0.3) is 0 Å². The van der Waals surface area contributed by atoms with Gasteiger partial charge in [-0.15, -0.1) is 0 Å². The molecule has 0 amide bonds. The van der Waals surface area contributed by atoms with Crippen LogP contribution in [0.15, 0.2) is 48.5 Å². The molecule has 118 valence electrons. The number of methoxy groups -OCH3 is 1. The number of ketones is 2. The smallest absolute Gasteiger partial charge is 0.374 e. The van der Waals surface area contributed by atoms with Crippen LogP contribution in [0.3, 0.4) is 0 Å². The van der Waals surface area contributed by atoms with Gasteiger partial charge >= 0.3 is 5.97 Å².